The van der Waals surface area contributed by atoms with Crippen molar-refractivity contribution in [1.29, 1.82) is 0 Å². The first-order valence-corrected chi connectivity index (χ1v) is 8.00. The molecule has 0 aliphatic rings. The quantitative estimate of drug-likeness (QED) is 0.780. The van der Waals surface area contributed by atoms with Crippen LogP contribution >= 0.6 is 0 Å². The maximum absolute atomic E-state index is 12.2. The van der Waals surface area contributed by atoms with Crippen LogP contribution in [-0.2, 0) is 4.79 Å². The summed E-state index contributed by atoms with van der Waals surface area (Å²) in [6, 6.07) is 13.7. The predicted octanol–water partition coefficient (Wildman–Crippen LogP) is 3.62. The molecule has 0 radical (unpaired) electrons. The van der Waals surface area contributed by atoms with Crippen molar-refractivity contribution < 1.29 is 9.53 Å². The van der Waals surface area contributed by atoms with Gasteiger partial charge in [0.05, 0.1) is 11.0 Å². The van der Waals surface area contributed by atoms with Crippen LogP contribution in [0, 0.1) is 6.92 Å². The number of ether oxygens (including phenoxy) is 1. The Kier molecular flexibility index (Phi) is 4.51. The van der Waals surface area contributed by atoms with Crippen molar-refractivity contribution >= 4 is 16.9 Å². The number of fused-ring (bicyclic) bond motifs is 1. The van der Waals surface area contributed by atoms with Crippen molar-refractivity contribution in [2.45, 2.75) is 26.7 Å². The van der Waals surface area contributed by atoms with Crippen molar-refractivity contribution in [1.82, 2.24) is 9.66 Å². The number of rotatable bonds is 5. The van der Waals surface area contributed by atoms with E-state index in [1.807, 2.05) is 37.3 Å². The van der Waals surface area contributed by atoms with Crippen molar-refractivity contribution in [2.75, 3.05) is 12.0 Å². The average molecular weight is 323 g/mol. The van der Waals surface area contributed by atoms with E-state index in [1.54, 1.807) is 11.0 Å². The van der Waals surface area contributed by atoms with Crippen molar-refractivity contribution in [2.24, 2.45) is 0 Å². The molecule has 124 valence electrons. The van der Waals surface area contributed by atoms with Crippen molar-refractivity contribution in [3.8, 4) is 5.75 Å². The van der Waals surface area contributed by atoms with Gasteiger partial charge in [-0.1, -0.05) is 38.1 Å². The number of nitrogens with zero attached hydrogens (tertiary/aromatic N) is 2. The minimum absolute atomic E-state index is 0.0460. The van der Waals surface area contributed by atoms with Crippen LogP contribution in [0.5, 0.6) is 5.75 Å². The Morgan fingerprint density at radius 3 is 2.83 bits per heavy atom. The van der Waals surface area contributed by atoms with E-state index in [9.17, 15) is 4.79 Å². The van der Waals surface area contributed by atoms with Gasteiger partial charge >= 0.3 is 0 Å². The monoisotopic (exact) mass is 323 g/mol. The van der Waals surface area contributed by atoms with Gasteiger partial charge in [0.2, 0.25) is 0 Å². The number of imidazole rings is 1. The maximum atomic E-state index is 12.2. The summed E-state index contributed by atoms with van der Waals surface area (Å²) in [5.41, 5.74) is 6.68. The molecule has 5 nitrogen and oxygen atoms in total. The standard InChI is InChI=1S/C19H21N3O2/c1-13(2)15-9-8-14(3)10-18(15)24-11-19(23)21-22-12-20-16-6-4-5-7-17(16)22/h4-10,12-13H,11H2,1-3H3,(H,21,23). The third-order valence-corrected chi connectivity index (χ3v) is 3.85. The van der Waals surface area contributed by atoms with Crippen LogP contribution in [0.2, 0.25) is 0 Å². The van der Waals surface area contributed by atoms with Crippen LogP contribution in [0.15, 0.2) is 48.8 Å². The number of amides is 1. The fourth-order valence-corrected chi connectivity index (χ4v) is 2.60. The van der Waals surface area contributed by atoms with Gasteiger partial charge in [0.25, 0.3) is 5.91 Å². The van der Waals surface area contributed by atoms with E-state index in [0.29, 0.717) is 5.92 Å². The number of carbonyl (C=O) groups excluding carboxylic acids is 1. The summed E-state index contributed by atoms with van der Waals surface area (Å²) in [4.78, 5) is 16.5. The lowest BCUT2D eigenvalue weighted by Gasteiger charge is -2.15. The van der Waals surface area contributed by atoms with Gasteiger partial charge in [-0.05, 0) is 42.2 Å². The molecule has 0 spiro atoms. The normalized spacial score (nSPS) is 11.0. The topological polar surface area (TPSA) is 56.1 Å². The second-order valence-electron chi connectivity index (χ2n) is 6.12. The first-order valence-electron chi connectivity index (χ1n) is 8.00. The molecule has 0 atom stereocenters. The molecule has 0 saturated heterocycles. The van der Waals surface area contributed by atoms with Crippen LogP contribution in [0.1, 0.15) is 30.9 Å². The molecule has 1 N–H and O–H groups in total. The molecule has 2 aromatic carbocycles. The molecule has 1 amide bonds. The number of benzene rings is 2. The van der Waals surface area contributed by atoms with Gasteiger partial charge in [-0.2, -0.15) is 0 Å². The third-order valence-electron chi connectivity index (χ3n) is 3.85. The van der Waals surface area contributed by atoms with Gasteiger partial charge in [0.1, 0.15) is 12.1 Å². The Labute approximate surface area is 141 Å². The highest BCUT2D eigenvalue weighted by Gasteiger charge is 2.11. The molecule has 1 heterocycles. The molecule has 0 aliphatic carbocycles. The van der Waals surface area contributed by atoms with Crippen LogP contribution in [0.4, 0.5) is 0 Å². The predicted molar refractivity (Wildman–Crippen MR) is 94.9 cm³/mol. The van der Waals surface area contributed by atoms with Crippen LogP contribution in [0.25, 0.3) is 11.0 Å². The first-order chi connectivity index (χ1) is 11.5. The number of hydrogen-bond acceptors (Lipinski definition) is 3. The number of para-hydroxylation sites is 2. The molecule has 24 heavy (non-hydrogen) atoms. The van der Waals surface area contributed by atoms with Crippen LogP contribution < -0.4 is 10.2 Å². The van der Waals surface area contributed by atoms with E-state index in [1.165, 1.54) is 0 Å². The van der Waals surface area contributed by atoms with E-state index < -0.39 is 0 Å². The Morgan fingerprint density at radius 2 is 2.04 bits per heavy atom. The van der Waals surface area contributed by atoms with Crippen LogP contribution in [-0.4, -0.2) is 22.2 Å². The Bertz CT molecular complexity index is 868. The molecule has 5 heteroatoms. The molecular formula is C19H21N3O2. The van der Waals surface area contributed by atoms with Gasteiger partial charge in [-0.25, -0.2) is 9.66 Å². The van der Waals surface area contributed by atoms with Crippen molar-refractivity contribution in [3.05, 3.63) is 59.9 Å². The number of aryl methyl sites for hydroxylation is 1. The summed E-state index contributed by atoms with van der Waals surface area (Å²) in [6.45, 7) is 6.18. The summed E-state index contributed by atoms with van der Waals surface area (Å²) in [6.07, 6.45) is 1.59. The second-order valence-corrected chi connectivity index (χ2v) is 6.12. The molecule has 3 aromatic rings. The average Bonchev–Trinajstić information content (AvgIpc) is 2.96. The lowest BCUT2D eigenvalue weighted by molar-refractivity contribution is -0.119. The second kappa shape index (κ2) is 6.74. The summed E-state index contributed by atoms with van der Waals surface area (Å²) in [7, 11) is 0. The molecule has 3 rings (SSSR count). The fourth-order valence-electron chi connectivity index (χ4n) is 2.60. The maximum Gasteiger partial charge on any atom is 0.276 e. The molecule has 0 bridgehead atoms. The fraction of sp³-hybridized carbons (Fsp3) is 0.263. The molecule has 0 aliphatic heterocycles. The van der Waals surface area contributed by atoms with Crippen molar-refractivity contribution in [3.63, 3.8) is 0 Å². The summed E-state index contributed by atoms with van der Waals surface area (Å²) in [5, 5.41) is 0. The Hall–Kier alpha value is -2.82. The van der Waals surface area contributed by atoms with E-state index in [4.69, 9.17) is 4.74 Å². The smallest absolute Gasteiger partial charge is 0.276 e. The highest BCUT2D eigenvalue weighted by Crippen LogP contribution is 2.27. The van der Waals surface area contributed by atoms with E-state index in [2.05, 4.69) is 36.4 Å². The van der Waals surface area contributed by atoms with Gasteiger partial charge in [0.15, 0.2) is 6.61 Å². The summed E-state index contributed by atoms with van der Waals surface area (Å²) >= 11 is 0. The van der Waals surface area contributed by atoms with Gasteiger partial charge < -0.3 is 4.74 Å². The molecular weight excluding hydrogens is 302 g/mol. The number of carbonyl (C=O) groups is 1. The Morgan fingerprint density at radius 1 is 1.25 bits per heavy atom. The van der Waals surface area contributed by atoms with E-state index in [-0.39, 0.29) is 12.5 Å². The molecule has 0 fully saturated rings. The lowest BCUT2D eigenvalue weighted by atomic mass is 10.0. The number of aromatic nitrogens is 2. The zero-order valence-corrected chi connectivity index (χ0v) is 14.1. The zero-order valence-electron chi connectivity index (χ0n) is 14.1. The lowest BCUT2D eigenvalue weighted by Crippen LogP contribution is -2.27. The molecule has 1 aromatic heterocycles. The van der Waals surface area contributed by atoms with Gasteiger partial charge in [-0.15, -0.1) is 0 Å². The minimum atomic E-state index is -0.227. The van der Waals surface area contributed by atoms with E-state index >= 15 is 0 Å². The Balaban J connectivity index is 1.69. The highest BCUT2D eigenvalue weighted by molar-refractivity contribution is 5.87. The number of hydrogen-bond donors (Lipinski definition) is 1. The highest BCUT2D eigenvalue weighted by atomic mass is 16.5. The first kappa shape index (κ1) is 16.1. The minimum Gasteiger partial charge on any atom is -0.483 e. The molecule has 0 unspecified atom stereocenters. The van der Waals surface area contributed by atoms with E-state index in [0.717, 1.165) is 27.9 Å². The zero-order chi connectivity index (χ0) is 17.1. The molecule has 0 saturated carbocycles. The summed E-state index contributed by atoms with van der Waals surface area (Å²) < 4.78 is 7.37. The van der Waals surface area contributed by atoms with Gasteiger partial charge in [0, 0.05) is 0 Å². The third kappa shape index (κ3) is 3.40. The largest absolute Gasteiger partial charge is 0.483 e. The van der Waals surface area contributed by atoms with Gasteiger partial charge in [-0.3, -0.25) is 10.2 Å². The number of nitrogens with one attached hydrogen (secondary N) is 1. The van der Waals surface area contributed by atoms with Crippen LogP contribution in [0.3, 0.4) is 0 Å². The summed E-state index contributed by atoms with van der Waals surface area (Å²) in [5.74, 6) is 0.867. The SMILES string of the molecule is Cc1ccc(C(C)C)c(OCC(=O)Nn2cnc3ccccc32)c1.